The van der Waals surface area contributed by atoms with E-state index in [2.05, 4.69) is 17.4 Å². The number of hydrogen-bond donors (Lipinski definition) is 1. The minimum absolute atomic E-state index is 0.255. The van der Waals surface area contributed by atoms with E-state index in [4.69, 9.17) is 16.3 Å². The summed E-state index contributed by atoms with van der Waals surface area (Å²) in [4.78, 5) is 0. The Balaban J connectivity index is 1.84. The van der Waals surface area contributed by atoms with Crippen LogP contribution in [0, 0.1) is 0 Å². The summed E-state index contributed by atoms with van der Waals surface area (Å²) < 4.78 is 5.78. The molecular weight excluding hydrogens is 246 g/mol. The lowest BCUT2D eigenvalue weighted by Gasteiger charge is -2.28. The van der Waals surface area contributed by atoms with Crippen molar-refractivity contribution in [3.8, 4) is 16.9 Å². The molecule has 18 heavy (non-hydrogen) atoms. The third-order valence-corrected chi connectivity index (χ3v) is 3.37. The van der Waals surface area contributed by atoms with Crippen molar-refractivity contribution in [1.82, 2.24) is 5.32 Å². The Kier molecular flexibility index (Phi) is 3.22. The molecule has 0 saturated carbocycles. The zero-order valence-electron chi connectivity index (χ0n) is 9.90. The number of nitrogens with one attached hydrogen (secondary N) is 1. The van der Waals surface area contributed by atoms with Gasteiger partial charge in [0, 0.05) is 13.1 Å². The lowest BCUT2D eigenvalue weighted by molar-refractivity contribution is 0.142. The molecule has 1 fully saturated rings. The van der Waals surface area contributed by atoms with E-state index < -0.39 is 0 Å². The van der Waals surface area contributed by atoms with E-state index in [1.165, 1.54) is 0 Å². The highest BCUT2D eigenvalue weighted by atomic mass is 35.5. The standard InChI is InChI=1S/C15H14ClNO/c16-14-8-12(11-4-2-1-3-5-11)6-7-15(14)18-13-9-17-10-13/h1-8,13,17H,9-10H2. The normalized spacial score (nSPS) is 15.2. The quantitative estimate of drug-likeness (QED) is 0.913. The van der Waals surface area contributed by atoms with Crippen LogP contribution in [-0.2, 0) is 0 Å². The molecule has 92 valence electrons. The van der Waals surface area contributed by atoms with Gasteiger partial charge in [-0.05, 0) is 23.3 Å². The average Bonchev–Trinajstić information content (AvgIpc) is 2.36. The van der Waals surface area contributed by atoms with Gasteiger partial charge in [0.1, 0.15) is 11.9 Å². The molecule has 0 bridgehead atoms. The Labute approximate surface area is 112 Å². The van der Waals surface area contributed by atoms with Gasteiger partial charge in [-0.2, -0.15) is 0 Å². The van der Waals surface area contributed by atoms with Gasteiger partial charge < -0.3 is 10.1 Å². The predicted molar refractivity (Wildman–Crippen MR) is 74.2 cm³/mol. The molecule has 2 aromatic carbocycles. The van der Waals surface area contributed by atoms with Crippen LogP contribution in [0.1, 0.15) is 0 Å². The first-order valence-corrected chi connectivity index (χ1v) is 6.43. The minimum atomic E-state index is 0.255. The molecule has 0 unspecified atom stereocenters. The summed E-state index contributed by atoms with van der Waals surface area (Å²) in [5.41, 5.74) is 2.27. The molecule has 1 heterocycles. The van der Waals surface area contributed by atoms with Crippen molar-refractivity contribution in [3.05, 3.63) is 53.6 Å². The fraction of sp³-hybridized carbons (Fsp3) is 0.200. The van der Waals surface area contributed by atoms with Gasteiger partial charge in [0.2, 0.25) is 0 Å². The summed E-state index contributed by atoms with van der Waals surface area (Å²) in [6.07, 6.45) is 0.255. The summed E-state index contributed by atoms with van der Waals surface area (Å²) in [7, 11) is 0. The van der Waals surface area contributed by atoms with E-state index in [0.717, 1.165) is 30.0 Å². The van der Waals surface area contributed by atoms with Gasteiger partial charge in [-0.3, -0.25) is 0 Å². The Hall–Kier alpha value is -1.51. The van der Waals surface area contributed by atoms with E-state index >= 15 is 0 Å². The summed E-state index contributed by atoms with van der Waals surface area (Å²) in [5, 5.41) is 3.84. The smallest absolute Gasteiger partial charge is 0.138 e. The molecule has 0 aliphatic carbocycles. The molecule has 3 heteroatoms. The first-order chi connectivity index (χ1) is 8.83. The maximum Gasteiger partial charge on any atom is 0.138 e. The molecule has 1 aliphatic rings. The molecule has 0 atom stereocenters. The second-order valence-electron chi connectivity index (χ2n) is 4.41. The van der Waals surface area contributed by atoms with Gasteiger partial charge in [0.15, 0.2) is 0 Å². The molecule has 1 saturated heterocycles. The Bertz CT molecular complexity index is 537. The Morgan fingerprint density at radius 3 is 2.39 bits per heavy atom. The highest BCUT2D eigenvalue weighted by Gasteiger charge is 2.19. The average molecular weight is 260 g/mol. The van der Waals surface area contributed by atoms with Crippen LogP contribution >= 0.6 is 11.6 Å². The predicted octanol–water partition coefficient (Wildman–Crippen LogP) is 3.36. The van der Waals surface area contributed by atoms with Crippen LogP contribution in [-0.4, -0.2) is 19.2 Å². The second-order valence-corrected chi connectivity index (χ2v) is 4.82. The first-order valence-electron chi connectivity index (χ1n) is 6.05. The fourth-order valence-electron chi connectivity index (χ4n) is 1.93. The van der Waals surface area contributed by atoms with Gasteiger partial charge in [0.05, 0.1) is 5.02 Å². The summed E-state index contributed by atoms with van der Waals surface area (Å²) in [6.45, 7) is 1.80. The van der Waals surface area contributed by atoms with Crippen molar-refractivity contribution in [2.24, 2.45) is 0 Å². The van der Waals surface area contributed by atoms with E-state index in [1.807, 2.05) is 36.4 Å². The topological polar surface area (TPSA) is 21.3 Å². The maximum absolute atomic E-state index is 6.26. The monoisotopic (exact) mass is 259 g/mol. The zero-order chi connectivity index (χ0) is 12.4. The van der Waals surface area contributed by atoms with Crippen LogP contribution in [0.3, 0.4) is 0 Å². The van der Waals surface area contributed by atoms with Crippen LogP contribution in [0.4, 0.5) is 0 Å². The van der Waals surface area contributed by atoms with E-state index in [-0.39, 0.29) is 6.10 Å². The van der Waals surface area contributed by atoms with Crippen molar-refractivity contribution >= 4 is 11.6 Å². The van der Waals surface area contributed by atoms with Crippen LogP contribution in [0.15, 0.2) is 48.5 Å². The summed E-state index contributed by atoms with van der Waals surface area (Å²) in [5.74, 6) is 0.767. The SMILES string of the molecule is Clc1cc(-c2ccccc2)ccc1OC1CNC1. The van der Waals surface area contributed by atoms with Crippen molar-refractivity contribution in [2.75, 3.05) is 13.1 Å². The van der Waals surface area contributed by atoms with Crippen molar-refractivity contribution in [1.29, 1.82) is 0 Å². The molecular formula is C15H14ClNO. The first kappa shape index (κ1) is 11.6. The van der Waals surface area contributed by atoms with Crippen LogP contribution < -0.4 is 10.1 Å². The van der Waals surface area contributed by atoms with E-state index in [0.29, 0.717) is 5.02 Å². The molecule has 0 radical (unpaired) electrons. The third-order valence-electron chi connectivity index (χ3n) is 3.08. The van der Waals surface area contributed by atoms with Crippen molar-refractivity contribution in [2.45, 2.75) is 6.10 Å². The van der Waals surface area contributed by atoms with Gasteiger partial charge in [0.25, 0.3) is 0 Å². The highest BCUT2D eigenvalue weighted by Crippen LogP contribution is 2.31. The van der Waals surface area contributed by atoms with Crippen molar-refractivity contribution < 1.29 is 4.74 Å². The van der Waals surface area contributed by atoms with Crippen LogP contribution in [0.2, 0.25) is 5.02 Å². The summed E-state index contributed by atoms with van der Waals surface area (Å²) >= 11 is 6.26. The van der Waals surface area contributed by atoms with Crippen LogP contribution in [0.5, 0.6) is 5.75 Å². The Morgan fingerprint density at radius 2 is 1.78 bits per heavy atom. The largest absolute Gasteiger partial charge is 0.486 e. The number of ether oxygens (including phenoxy) is 1. The molecule has 2 nitrogen and oxygen atoms in total. The number of hydrogen-bond acceptors (Lipinski definition) is 2. The highest BCUT2D eigenvalue weighted by molar-refractivity contribution is 6.32. The Morgan fingerprint density at radius 1 is 1.00 bits per heavy atom. The lowest BCUT2D eigenvalue weighted by Crippen LogP contribution is -2.50. The molecule has 0 amide bonds. The maximum atomic E-state index is 6.26. The second kappa shape index (κ2) is 5.01. The minimum Gasteiger partial charge on any atom is -0.486 e. The number of benzene rings is 2. The van der Waals surface area contributed by atoms with Crippen molar-refractivity contribution in [3.63, 3.8) is 0 Å². The van der Waals surface area contributed by atoms with Gasteiger partial charge in [-0.1, -0.05) is 48.0 Å². The van der Waals surface area contributed by atoms with Gasteiger partial charge in [-0.15, -0.1) is 0 Å². The molecule has 1 aliphatic heterocycles. The van der Waals surface area contributed by atoms with Gasteiger partial charge >= 0.3 is 0 Å². The fourth-order valence-corrected chi connectivity index (χ4v) is 2.16. The number of rotatable bonds is 3. The third kappa shape index (κ3) is 2.35. The van der Waals surface area contributed by atoms with E-state index in [9.17, 15) is 0 Å². The van der Waals surface area contributed by atoms with E-state index in [1.54, 1.807) is 0 Å². The molecule has 0 aromatic heterocycles. The van der Waals surface area contributed by atoms with Gasteiger partial charge in [-0.25, -0.2) is 0 Å². The molecule has 1 N–H and O–H groups in total. The number of halogens is 1. The zero-order valence-corrected chi connectivity index (χ0v) is 10.7. The van der Waals surface area contributed by atoms with Crippen LogP contribution in [0.25, 0.3) is 11.1 Å². The lowest BCUT2D eigenvalue weighted by atomic mass is 10.1. The molecule has 0 spiro atoms. The molecule has 2 aromatic rings. The molecule has 3 rings (SSSR count). The summed E-state index contributed by atoms with van der Waals surface area (Å²) in [6, 6.07) is 16.1.